The van der Waals surface area contributed by atoms with Crippen LogP contribution in [0.2, 0.25) is 0 Å². The fourth-order valence-electron chi connectivity index (χ4n) is 5.56. The predicted molar refractivity (Wildman–Crippen MR) is 191 cm³/mol. The third-order valence-electron chi connectivity index (χ3n) is 8.86. The molecular formula is C35H67N7O7. The third kappa shape index (κ3) is 15.0. The lowest BCUT2D eigenvalue weighted by atomic mass is 9.95. The third-order valence-corrected chi connectivity index (χ3v) is 8.86. The number of carbonyl (C=O) groups excluding carboxylic acids is 6. The van der Waals surface area contributed by atoms with Crippen LogP contribution in [0.1, 0.15) is 101 Å². The van der Waals surface area contributed by atoms with E-state index < -0.39 is 71.3 Å². The molecule has 0 aromatic heterocycles. The number of amides is 6. The van der Waals surface area contributed by atoms with Crippen molar-refractivity contribution in [1.29, 1.82) is 0 Å². The average Bonchev–Trinajstić information content (AvgIpc) is 3.00. The van der Waals surface area contributed by atoms with Gasteiger partial charge in [0.05, 0.1) is 5.60 Å². The maximum absolute atomic E-state index is 14.2. The normalized spacial score (nSPS) is 14.9. The summed E-state index contributed by atoms with van der Waals surface area (Å²) in [6.07, 6.45) is 1.37. The van der Waals surface area contributed by atoms with Crippen LogP contribution in [0.5, 0.6) is 0 Å². The minimum absolute atomic E-state index is 0.00909. The molecule has 0 aliphatic rings. The minimum Gasteiger partial charge on any atom is -0.390 e. The first-order valence-electron chi connectivity index (χ1n) is 17.7. The van der Waals surface area contributed by atoms with E-state index in [4.69, 9.17) is 5.73 Å². The van der Waals surface area contributed by atoms with E-state index in [2.05, 4.69) is 15.5 Å². The van der Waals surface area contributed by atoms with Gasteiger partial charge in [-0.05, 0) is 65.0 Å². The summed E-state index contributed by atoms with van der Waals surface area (Å²) < 4.78 is 0. The van der Waals surface area contributed by atoms with E-state index in [9.17, 15) is 33.9 Å². The van der Waals surface area contributed by atoms with E-state index in [1.54, 1.807) is 20.9 Å². The highest BCUT2D eigenvalue weighted by Gasteiger charge is 2.40. The summed E-state index contributed by atoms with van der Waals surface area (Å²) >= 11 is 0. The van der Waals surface area contributed by atoms with Gasteiger partial charge < -0.3 is 41.1 Å². The summed E-state index contributed by atoms with van der Waals surface area (Å²) in [4.78, 5) is 86.2. The number of primary amides is 1. The summed E-state index contributed by atoms with van der Waals surface area (Å²) in [7, 11) is 4.54. The number of carbonyl (C=O) groups is 6. The number of nitrogens with one attached hydrogen (secondary N) is 2. The number of likely N-dealkylation sites (N-methyl/N-ethyl adjacent to an activating group) is 3. The first-order chi connectivity index (χ1) is 22.5. The molecule has 0 rings (SSSR count). The van der Waals surface area contributed by atoms with Crippen LogP contribution in [-0.4, -0.2) is 137 Å². The fourth-order valence-corrected chi connectivity index (χ4v) is 5.56. The van der Waals surface area contributed by atoms with E-state index in [1.165, 1.54) is 49.6 Å². The fraction of sp³-hybridized carbons (Fsp3) is 0.829. The van der Waals surface area contributed by atoms with Crippen LogP contribution in [0.15, 0.2) is 0 Å². The van der Waals surface area contributed by atoms with Crippen molar-refractivity contribution in [3.05, 3.63) is 0 Å². The van der Waals surface area contributed by atoms with Gasteiger partial charge in [-0.3, -0.25) is 28.8 Å². The van der Waals surface area contributed by atoms with Crippen molar-refractivity contribution in [3.63, 3.8) is 0 Å². The van der Waals surface area contributed by atoms with Gasteiger partial charge in [0.1, 0.15) is 30.2 Å². The molecule has 0 aliphatic heterocycles. The molecule has 0 bridgehead atoms. The summed E-state index contributed by atoms with van der Waals surface area (Å²) in [6.45, 7) is 19.8. The van der Waals surface area contributed by atoms with E-state index in [1.807, 2.05) is 34.6 Å². The van der Waals surface area contributed by atoms with Crippen LogP contribution in [0.4, 0.5) is 0 Å². The van der Waals surface area contributed by atoms with Crippen molar-refractivity contribution in [2.75, 3.05) is 40.8 Å². The predicted octanol–water partition coefficient (Wildman–Crippen LogP) is 1.34. The minimum atomic E-state index is -1.37. The second kappa shape index (κ2) is 21.1. The molecule has 5 atom stereocenters. The molecule has 0 spiro atoms. The van der Waals surface area contributed by atoms with Crippen LogP contribution in [-0.2, 0) is 28.8 Å². The Balaban J connectivity index is 6.57. The summed E-state index contributed by atoms with van der Waals surface area (Å²) in [5.74, 6) is -3.51. The summed E-state index contributed by atoms with van der Waals surface area (Å²) in [5.41, 5.74) is 3.97. The molecule has 0 heterocycles. The van der Waals surface area contributed by atoms with Crippen LogP contribution in [0, 0.1) is 11.8 Å². The van der Waals surface area contributed by atoms with Crippen molar-refractivity contribution in [2.45, 2.75) is 137 Å². The first kappa shape index (κ1) is 45.7. The number of nitrogens with zero attached hydrogens (tertiary/aromatic N) is 4. The molecular weight excluding hydrogens is 630 g/mol. The van der Waals surface area contributed by atoms with Crippen LogP contribution < -0.4 is 16.4 Å². The van der Waals surface area contributed by atoms with E-state index >= 15 is 0 Å². The molecule has 14 nitrogen and oxygen atoms in total. The highest BCUT2D eigenvalue weighted by Crippen LogP contribution is 2.21. The Hall–Kier alpha value is -3.26. The van der Waals surface area contributed by atoms with Crippen molar-refractivity contribution in [3.8, 4) is 0 Å². The second-order valence-corrected chi connectivity index (χ2v) is 14.5. The molecule has 14 heteroatoms. The van der Waals surface area contributed by atoms with Crippen LogP contribution in [0.3, 0.4) is 0 Å². The summed E-state index contributed by atoms with van der Waals surface area (Å²) in [6, 6.07) is -5.04. The number of hydrogen-bond acceptors (Lipinski definition) is 8. The number of aliphatic hydroxyl groups is 1. The second-order valence-electron chi connectivity index (χ2n) is 14.5. The Morgan fingerprint density at radius 1 is 0.755 bits per heavy atom. The van der Waals surface area contributed by atoms with Crippen molar-refractivity contribution in [2.24, 2.45) is 17.6 Å². The molecule has 5 N–H and O–H groups in total. The highest BCUT2D eigenvalue weighted by molar-refractivity contribution is 5.96. The molecule has 0 aromatic carbocycles. The standard InChI is InChI=1S/C35H67N7O7/c1-14-17-28(43)39(11)25(18-19-42(15-2)16-3)33(47)41(13)27(21-35(9,10)49)32(46)38-29(23(6)7)34(48)40(12)26(20-22(4)5)31(45)37-24(8)30(36)44/h22-27,29,49H,14-21H2,1-13H3,(H2,36,44)(H,37,45)(H,38,46)/t24-,25+,26+,27+,29+/m1/s1. The van der Waals surface area contributed by atoms with Crippen molar-refractivity contribution in [1.82, 2.24) is 30.2 Å². The Morgan fingerprint density at radius 3 is 1.69 bits per heavy atom. The van der Waals surface area contributed by atoms with Gasteiger partial charge in [0.15, 0.2) is 0 Å². The molecule has 0 fully saturated rings. The Bertz CT molecular complexity index is 1100. The smallest absolute Gasteiger partial charge is 0.245 e. The molecule has 49 heavy (non-hydrogen) atoms. The molecule has 0 radical (unpaired) electrons. The zero-order valence-electron chi connectivity index (χ0n) is 32.5. The highest BCUT2D eigenvalue weighted by atomic mass is 16.3. The molecule has 0 aromatic rings. The largest absolute Gasteiger partial charge is 0.390 e. The number of nitrogens with two attached hydrogens (primary N) is 1. The van der Waals surface area contributed by atoms with Crippen LogP contribution in [0.25, 0.3) is 0 Å². The monoisotopic (exact) mass is 698 g/mol. The van der Waals surface area contributed by atoms with Gasteiger partial charge in [0.25, 0.3) is 0 Å². The van der Waals surface area contributed by atoms with E-state index in [0.29, 0.717) is 19.4 Å². The number of rotatable bonds is 22. The molecule has 0 saturated heterocycles. The lowest BCUT2D eigenvalue weighted by Gasteiger charge is -2.38. The lowest BCUT2D eigenvalue weighted by molar-refractivity contribution is -0.150. The van der Waals surface area contributed by atoms with Gasteiger partial charge in [-0.25, -0.2) is 0 Å². The Labute approximate surface area is 294 Å². The Kier molecular flexibility index (Phi) is 19.7. The maximum Gasteiger partial charge on any atom is 0.245 e. The molecule has 6 amide bonds. The van der Waals surface area contributed by atoms with Gasteiger partial charge in [0.2, 0.25) is 35.4 Å². The zero-order valence-corrected chi connectivity index (χ0v) is 32.5. The maximum atomic E-state index is 14.2. The molecule has 284 valence electrons. The van der Waals surface area contributed by atoms with Gasteiger partial charge in [-0.1, -0.05) is 48.5 Å². The van der Waals surface area contributed by atoms with Gasteiger partial charge in [-0.2, -0.15) is 0 Å². The van der Waals surface area contributed by atoms with Gasteiger partial charge >= 0.3 is 0 Å². The van der Waals surface area contributed by atoms with Crippen LogP contribution >= 0.6 is 0 Å². The molecule has 0 unspecified atom stereocenters. The van der Waals surface area contributed by atoms with Crippen molar-refractivity contribution < 1.29 is 33.9 Å². The quantitative estimate of drug-likeness (QED) is 0.131. The lowest BCUT2D eigenvalue weighted by Crippen LogP contribution is -2.61. The zero-order chi connectivity index (χ0) is 38.4. The molecule has 0 saturated carbocycles. The summed E-state index contributed by atoms with van der Waals surface area (Å²) in [5, 5.41) is 16.2. The van der Waals surface area contributed by atoms with E-state index in [0.717, 1.165) is 13.1 Å². The Morgan fingerprint density at radius 2 is 1.27 bits per heavy atom. The van der Waals surface area contributed by atoms with Gasteiger partial charge in [-0.15, -0.1) is 0 Å². The first-order valence-corrected chi connectivity index (χ1v) is 17.7. The number of hydrogen-bond donors (Lipinski definition) is 4. The van der Waals surface area contributed by atoms with Crippen molar-refractivity contribution >= 4 is 35.4 Å². The van der Waals surface area contributed by atoms with E-state index in [-0.39, 0.29) is 31.1 Å². The molecule has 0 aliphatic carbocycles. The average molecular weight is 698 g/mol. The SMILES string of the molecule is CCCC(=O)N(C)[C@@H](CCN(CC)CC)C(=O)N(C)[C@@H](CC(C)(C)O)C(=O)N[C@H](C(=O)N(C)[C@@H](CC(C)C)C(=O)N[C@H](C)C(N)=O)C(C)C. The topological polar surface area (TPSA) is 186 Å². The van der Waals surface area contributed by atoms with Gasteiger partial charge in [0, 0.05) is 40.5 Å².